The predicted molar refractivity (Wildman–Crippen MR) is 77.9 cm³/mol. The van der Waals surface area contributed by atoms with Gasteiger partial charge in [-0.2, -0.15) is 13.2 Å². The maximum Gasteiger partial charge on any atom is 0.416 e. The zero-order valence-corrected chi connectivity index (χ0v) is 12.7. The minimum Gasteiger partial charge on any atom is -0.343 e. The maximum atomic E-state index is 12.5. The quantitative estimate of drug-likeness (QED) is 0.907. The summed E-state index contributed by atoms with van der Waals surface area (Å²) in [7, 11) is 1.97. The molecule has 0 unspecified atom stereocenters. The lowest BCUT2D eigenvalue weighted by Crippen LogP contribution is -2.50. The van der Waals surface area contributed by atoms with Gasteiger partial charge in [0.2, 0.25) is 5.91 Å². The van der Waals surface area contributed by atoms with E-state index < -0.39 is 17.6 Å². The van der Waals surface area contributed by atoms with E-state index in [-0.39, 0.29) is 18.0 Å². The lowest BCUT2D eigenvalue weighted by Gasteiger charge is -2.32. The number of carbonyl (C=O) groups is 2. The SMILES string of the molecule is CN1CCN(C(=O)CNC(=O)c2ccc(C(F)(F)F)cc2)CC1. The van der Waals surface area contributed by atoms with Gasteiger partial charge < -0.3 is 15.1 Å². The second-order valence-electron chi connectivity index (χ2n) is 5.44. The topological polar surface area (TPSA) is 52.6 Å². The molecule has 0 radical (unpaired) electrons. The van der Waals surface area contributed by atoms with Gasteiger partial charge in [-0.1, -0.05) is 0 Å². The van der Waals surface area contributed by atoms with E-state index in [9.17, 15) is 22.8 Å². The third-order valence-corrected chi connectivity index (χ3v) is 3.73. The van der Waals surface area contributed by atoms with E-state index in [1.165, 1.54) is 0 Å². The highest BCUT2D eigenvalue weighted by Gasteiger charge is 2.30. The van der Waals surface area contributed by atoms with Crippen LogP contribution in [0.25, 0.3) is 0 Å². The summed E-state index contributed by atoms with van der Waals surface area (Å²) in [4.78, 5) is 27.6. The smallest absolute Gasteiger partial charge is 0.343 e. The molecular formula is C15H18F3N3O2. The number of hydrogen-bond acceptors (Lipinski definition) is 3. The molecule has 1 aromatic carbocycles. The zero-order chi connectivity index (χ0) is 17.0. The highest BCUT2D eigenvalue weighted by atomic mass is 19.4. The molecule has 1 aliphatic heterocycles. The molecule has 0 atom stereocenters. The van der Waals surface area contributed by atoms with E-state index in [0.717, 1.165) is 37.4 Å². The summed E-state index contributed by atoms with van der Waals surface area (Å²) >= 11 is 0. The molecule has 0 bridgehead atoms. The van der Waals surface area contributed by atoms with Gasteiger partial charge >= 0.3 is 6.18 Å². The first kappa shape index (κ1) is 17.3. The van der Waals surface area contributed by atoms with Crippen LogP contribution in [0, 0.1) is 0 Å². The van der Waals surface area contributed by atoms with Crippen molar-refractivity contribution in [2.24, 2.45) is 0 Å². The van der Waals surface area contributed by atoms with Crippen molar-refractivity contribution in [2.45, 2.75) is 6.18 Å². The zero-order valence-electron chi connectivity index (χ0n) is 12.7. The number of nitrogens with zero attached hydrogens (tertiary/aromatic N) is 2. The molecule has 126 valence electrons. The average Bonchev–Trinajstić information content (AvgIpc) is 2.52. The number of benzene rings is 1. The number of alkyl halides is 3. The first-order valence-electron chi connectivity index (χ1n) is 7.19. The van der Waals surface area contributed by atoms with Crippen LogP contribution in [0.1, 0.15) is 15.9 Å². The van der Waals surface area contributed by atoms with E-state index in [2.05, 4.69) is 10.2 Å². The van der Waals surface area contributed by atoms with E-state index in [0.29, 0.717) is 13.1 Å². The molecular weight excluding hydrogens is 311 g/mol. The molecule has 2 rings (SSSR count). The number of carbonyl (C=O) groups excluding carboxylic acids is 2. The molecule has 23 heavy (non-hydrogen) atoms. The number of halogens is 3. The van der Waals surface area contributed by atoms with Gasteiger partial charge in [0, 0.05) is 31.7 Å². The van der Waals surface area contributed by atoms with Crippen molar-refractivity contribution in [3.8, 4) is 0 Å². The molecule has 1 fully saturated rings. The monoisotopic (exact) mass is 329 g/mol. The Kier molecular flexibility index (Phi) is 5.25. The molecule has 0 spiro atoms. The fourth-order valence-electron chi connectivity index (χ4n) is 2.24. The minimum atomic E-state index is -4.44. The van der Waals surface area contributed by atoms with E-state index >= 15 is 0 Å². The van der Waals surface area contributed by atoms with Gasteiger partial charge in [0.15, 0.2) is 0 Å². The minimum absolute atomic E-state index is 0.0872. The normalized spacial score (nSPS) is 16.3. The van der Waals surface area contributed by atoms with Crippen LogP contribution < -0.4 is 5.32 Å². The molecule has 1 saturated heterocycles. The summed E-state index contributed by atoms with van der Waals surface area (Å²) in [5.74, 6) is -0.764. The largest absolute Gasteiger partial charge is 0.416 e. The molecule has 0 aromatic heterocycles. The van der Waals surface area contributed by atoms with Gasteiger partial charge in [-0.05, 0) is 31.3 Å². The predicted octanol–water partition coefficient (Wildman–Crippen LogP) is 1.21. The number of piperazine rings is 1. The third kappa shape index (κ3) is 4.69. The van der Waals surface area contributed by atoms with Crippen LogP contribution in [0.15, 0.2) is 24.3 Å². The molecule has 1 aromatic rings. The van der Waals surface area contributed by atoms with Crippen LogP contribution in [0.3, 0.4) is 0 Å². The second kappa shape index (κ2) is 6.99. The van der Waals surface area contributed by atoms with Crippen molar-refractivity contribution in [3.05, 3.63) is 35.4 Å². The molecule has 0 saturated carbocycles. The molecule has 0 aliphatic carbocycles. The number of rotatable bonds is 3. The highest BCUT2D eigenvalue weighted by Crippen LogP contribution is 2.29. The van der Waals surface area contributed by atoms with Crippen molar-refractivity contribution >= 4 is 11.8 Å². The maximum absolute atomic E-state index is 12.5. The molecule has 1 N–H and O–H groups in total. The van der Waals surface area contributed by atoms with Crippen molar-refractivity contribution in [1.29, 1.82) is 0 Å². The summed E-state index contributed by atoms with van der Waals surface area (Å²) in [5.41, 5.74) is -0.730. The van der Waals surface area contributed by atoms with Crippen LogP contribution in [0.4, 0.5) is 13.2 Å². The number of nitrogens with one attached hydrogen (secondary N) is 1. The van der Waals surface area contributed by atoms with Gasteiger partial charge in [0.1, 0.15) is 0 Å². The summed E-state index contributed by atoms with van der Waals surface area (Å²) in [5, 5.41) is 2.44. The Labute approximate surface area is 132 Å². The lowest BCUT2D eigenvalue weighted by atomic mass is 10.1. The van der Waals surface area contributed by atoms with Crippen molar-refractivity contribution in [3.63, 3.8) is 0 Å². The first-order valence-corrected chi connectivity index (χ1v) is 7.19. The fraction of sp³-hybridized carbons (Fsp3) is 0.467. The first-order chi connectivity index (χ1) is 10.8. The number of amides is 2. The van der Waals surface area contributed by atoms with Gasteiger partial charge in [-0.3, -0.25) is 9.59 Å². The third-order valence-electron chi connectivity index (χ3n) is 3.73. The lowest BCUT2D eigenvalue weighted by molar-refractivity contribution is -0.137. The Morgan fingerprint density at radius 3 is 2.17 bits per heavy atom. The van der Waals surface area contributed by atoms with Crippen LogP contribution in [-0.2, 0) is 11.0 Å². The van der Waals surface area contributed by atoms with Crippen molar-refractivity contribution in [2.75, 3.05) is 39.8 Å². The highest BCUT2D eigenvalue weighted by molar-refractivity contribution is 5.96. The molecule has 1 aliphatic rings. The second-order valence-corrected chi connectivity index (χ2v) is 5.44. The standard InChI is InChI=1S/C15H18F3N3O2/c1-20-6-8-21(9-7-20)13(22)10-19-14(23)11-2-4-12(5-3-11)15(16,17)18/h2-5H,6-10H2,1H3,(H,19,23). The van der Waals surface area contributed by atoms with Crippen LogP contribution in [0.5, 0.6) is 0 Å². The summed E-state index contributed by atoms with van der Waals surface area (Å²) in [6.07, 6.45) is -4.44. The molecule has 5 nitrogen and oxygen atoms in total. The summed E-state index contributed by atoms with van der Waals surface area (Å²) in [6.45, 7) is 2.59. The molecule has 2 amide bonds. The van der Waals surface area contributed by atoms with Gasteiger partial charge in [0.05, 0.1) is 12.1 Å². The number of likely N-dealkylation sites (N-methyl/N-ethyl adjacent to an activating group) is 1. The van der Waals surface area contributed by atoms with Crippen molar-refractivity contribution < 1.29 is 22.8 Å². The van der Waals surface area contributed by atoms with Gasteiger partial charge in [0.25, 0.3) is 5.91 Å². The van der Waals surface area contributed by atoms with Crippen LogP contribution >= 0.6 is 0 Å². The molecule has 8 heteroatoms. The Bertz CT molecular complexity index is 564. The summed E-state index contributed by atoms with van der Waals surface area (Å²) < 4.78 is 37.4. The van der Waals surface area contributed by atoms with Crippen LogP contribution in [0.2, 0.25) is 0 Å². The number of hydrogen-bond donors (Lipinski definition) is 1. The van der Waals surface area contributed by atoms with Crippen molar-refractivity contribution in [1.82, 2.24) is 15.1 Å². The Morgan fingerprint density at radius 1 is 1.09 bits per heavy atom. The Balaban J connectivity index is 1.86. The van der Waals surface area contributed by atoms with E-state index in [4.69, 9.17) is 0 Å². The Hall–Kier alpha value is -2.09. The van der Waals surface area contributed by atoms with E-state index in [1.54, 1.807) is 4.90 Å². The van der Waals surface area contributed by atoms with E-state index in [1.807, 2.05) is 7.05 Å². The fourth-order valence-corrected chi connectivity index (χ4v) is 2.24. The van der Waals surface area contributed by atoms with Gasteiger partial charge in [-0.25, -0.2) is 0 Å². The van der Waals surface area contributed by atoms with Gasteiger partial charge in [-0.15, -0.1) is 0 Å². The molecule has 1 heterocycles. The Morgan fingerprint density at radius 2 is 1.65 bits per heavy atom. The average molecular weight is 329 g/mol. The van der Waals surface area contributed by atoms with Crippen LogP contribution in [-0.4, -0.2) is 61.4 Å². The summed E-state index contributed by atoms with van der Waals surface area (Å²) in [6, 6.07) is 3.88.